The number of benzene rings is 2. The molecule has 0 aliphatic heterocycles. The van der Waals surface area contributed by atoms with Gasteiger partial charge < -0.3 is 9.09 Å². The average molecular weight is 377 g/mol. The molecular weight excluding hydrogens is 358 g/mol. The molecule has 4 rings (SSSR count). The minimum Gasteiger partial charge on any atom is -0.338 e. The van der Waals surface area contributed by atoms with E-state index in [0.717, 1.165) is 28.7 Å². The highest BCUT2D eigenvalue weighted by Gasteiger charge is 2.15. The maximum absolute atomic E-state index is 5.40. The Morgan fingerprint density at radius 1 is 0.963 bits per heavy atom. The molecule has 4 aromatic rings. The van der Waals surface area contributed by atoms with Gasteiger partial charge in [0.2, 0.25) is 11.7 Å². The van der Waals surface area contributed by atoms with E-state index >= 15 is 0 Å². The van der Waals surface area contributed by atoms with Crippen LogP contribution in [-0.4, -0.2) is 24.9 Å². The van der Waals surface area contributed by atoms with E-state index in [2.05, 4.69) is 38.8 Å². The fourth-order valence-electron chi connectivity index (χ4n) is 2.74. The highest BCUT2D eigenvalue weighted by Crippen LogP contribution is 2.26. The van der Waals surface area contributed by atoms with Crippen molar-refractivity contribution < 1.29 is 4.52 Å². The third-order valence-corrected chi connectivity index (χ3v) is 5.12. The first kappa shape index (κ1) is 17.5. The van der Waals surface area contributed by atoms with Crippen LogP contribution in [0, 0.1) is 6.92 Å². The van der Waals surface area contributed by atoms with Gasteiger partial charge in [-0.2, -0.15) is 4.98 Å². The van der Waals surface area contributed by atoms with Gasteiger partial charge in [0.1, 0.15) is 0 Å². The third-order valence-electron chi connectivity index (χ3n) is 4.17. The first-order chi connectivity index (χ1) is 13.2. The zero-order valence-corrected chi connectivity index (χ0v) is 16.0. The summed E-state index contributed by atoms with van der Waals surface area (Å²) in [6.45, 7) is 4.93. The van der Waals surface area contributed by atoms with Gasteiger partial charge in [-0.05, 0) is 13.8 Å². The number of aromatic nitrogens is 5. The molecule has 0 aliphatic carbocycles. The second kappa shape index (κ2) is 7.75. The van der Waals surface area contributed by atoms with E-state index in [-0.39, 0.29) is 0 Å². The lowest BCUT2D eigenvalue weighted by Crippen LogP contribution is -1.99. The zero-order chi connectivity index (χ0) is 18.6. The topological polar surface area (TPSA) is 69.6 Å². The van der Waals surface area contributed by atoms with Crippen LogP contribution in [0.25, 0.3) is 22.8 Å². The first-order valence-electron chi connectivity index (χ1n) is 8.75. The van der Waals surface area contributed by atoms with Crippen molar-refractivity contribution in [2.75, 3.05) is 0 Å². The fraction of sp³-hybridized carbons (Fsp3) is 0.200. The summed E-state index contributed by atoms with van der Waals surface area (Å²) < 4.78 is 7.49. The fourth-order valence-corrected chi connectivity index (χ4v) is 3.58. The Hall–Kier alpha value is -2.93. The Kier molecular flexibility index (Phi) is 5.02. The van der Waals surface area contributed by atoms with Gasteiger partial charge in [0.05, 0.1) is 5.75 Å². The van der Waals surface area contributed by atoms with Gasteiger partial charge in [-0.25, -0.2) is 0 Å². The monoisotopic (exact) mass is 377 g/mol. The predicted octanol–water partition coefficient (Wildman–Crippen LogP) is 4.62. The van der Waals surface area contributed by atoms with Gasteiger partial charge >= 0.3 is 0 Å². The Balaban J connectivity index is 1.50. The molecule has 6 nitrogen and oxygen atoms in total. The smallest absolute Gasteiger partial charge is 0.237 e. The molecule has 0 saturated heterocycles. The van der Waals surface area contributed by atoms with Crippen molar-refractivity contribution in [3.05, 3.63) is 66.1 Å². The molecule has 7 heteroatoms. The number of rotatable bonds is 6. The van der Waals surface area contributed by atoms with E-state index < -0.39 is 0 Å². The van der Waals surface area contributed by atoms with Gasteiger partial charge in [0.25, 0.3) is 0 Å². The highest BCUT2D eigenvalue weighted by molar-refractivity contribution is 7.98. The van der Waals surface area contributed by atoms with Gasteiger partial charge in [-0.15, -0.1) is 10.2 Å². The van der Waals surface area contributed by atoms with Crippen LogP contribution in [0.15, 0.2) is 64.3 Å². The van der Waals surface area contributed by atoms with Crippen LogP contribution in [-0.2, 0) is 12.3 Å². The summed E-state index contributed by atoms with van der Waals surface area (Å²) in [4.78, 5) is 4.49. The molecule has 136 valence electrons. The molecule has 0 aliphatic rings. The Morgan fingerprint density at radius 2 is 1.74 bits per heavy atom. The van der Waals surface area contributed by atoms with Crippen molar-refractivity contribution in [3.63, 3.8) is 0 Å². The van der Waals surface area contributed by atoms with Gasteiger partial charge in [-0.3, -0.25) is 0 Å². The third kappa shape index (κ3) is 3.78. The Labute approximate surface area is 161 Å². The number of hydrogen-bond acceptors (Lipinski definition) is 6. The summed E-state index contributed by atoms with van der Waals surface area (Å²) in [7, 11) is 0. The van der Waals surface area contributed by atoms with E-state index in [1.54, 1.807) is 11.8 Å². The predicted molar refractivity (Wildman–Crippen MR) is 105 cm³/mol. The van der Waals surface area contributed by atoms with E-state index in [0.29, 0.717) is 17.5 Å². The van der Waals surface area contributed by atoms with Crippen LogP contribution >= 0.6 is 11.8 Å². The summed E-state index contributed by atoms with van der Waals surface area (Å²) in [6.07, 6.45) is 0. The zero-order valence-electron chi connectivity index (χ0n) is 15.2. The molecule has 27 heavy (non-hydrogen) atoms. The lowest BCUT2D eigenvalue weighted by atomic mass is 10.1. The van der Waals surface area contributed by atoms with E-state index in [9.17, 15) is 0 Å². The SMILES string of the molecule is CCn1c(SCc2nc(-c3ccc(C)cc3)no2)nnc1-c1ccccc1. The minimum atomic E-state index is 0.547. The van der Waals surface area contributed by atoms with Crippen LogP contribution in [0.4, 0.5) is 0 Å². The molecule has 0 saturated carbocycles. The molecule has 0 atom stereocenters. The Morgan fingerprint density at radius 3 is 2.48 bits per heavy atom. The molecule has 2 heterocycles. The van der Waals surface area contributed by atoms with Crippen molar-refractivity contribution >= 4 is 11.8 Å². The molecule has 2 aromatic carbocycles. The molecular formula is C20H19N5OS. The second-order valence-electron chi connectivity index (χ2n) is 6.08. The lowest BCUT2D eigenvalue weighted by molar-refractivity contribution is 0.391. The van der Waals surface area contributed by atoms with Crippen molar-refractivity contribution in [2.45, 2.75) is 31.3 Å². The van der Waals surface area contributed by atoms with Crippen LogP contribution in [0.5, 0.6) is 0 Å². The molecule has 0 fully saturated rings. The maximum Gasteiger partial charge on any atom is 0.237 e. The summed E-state index contributed by atoms with van der Waals surface area (Å²) in [6, 6.07) is 18.1. The van der Waals surface area contributed by atoms with E-state index in [4.69, 9.17) is 4.52 Å². The largest absolute Gasteiger partial charge is 0.338 e. The quantitative estimate of drug-likeness (QED) is 0.457. The van der Waals surface area contributed by atoms with Crippen molar-refractivity contribution in [2.24, 2.45) is 0 Å². The first-order valence-corrected chi connectivity index (χ1v) is 9.74. The minimum absolute atomic E-state index is 0.547. The van der Waals surface area contributed by atoms with Crippen LogP contribution in [0.3, 0.4) is 0 Å². The molecule has 0 bridgehead atoms. The summed E-state index contributed by atoms with van der Waals surface area (Å²) in [5.41, 5.74) is 3.20. The standard InChI is InChI=1S/C20H19N5OS/c1-3-25-19(16-7-5-4-6-8-16)22-23-20(25)27-13-17-21-18(24-26-17)15-11-9-14(2)10-12-15/h4-12H,3,13H2,1-2H3. The molecule has 2 aromatic heterocycles. The van der Waals surface area contributed by atoms with Crippen molar-refractivity contribution in [1.82, 2.24) is 24.9 Å². The van der Waals surface area contributed by atoms with E-state index in [1.165, 1.54) is 5.56 Å². The summed E-state index contributed by atoms with van der Waals surface area (Å²) >= 11 is 1.54. The number of aryl methyl sites for hydroxylation is 1. The lowest BCUT2D eigenvalue weighted by Gasteiger charge is -2.06. The molecule has 0 amide bonds. The van der Waals surface area contributed by atoms with Gasteiger partial charge in [0, 0.05) is 17.7 Å². The van der Waals surface area contributed by atoms with E-state index in [1.807, 2.05) is 54.6 Å². The normalized spacial score (nSPS) is 11.0. The summed E-state index contributed by atoms with van der Waals surface area (Å²) in [5.74, 6) is 2.59. The second-order valence-corrected chi connectivity index (χ2v) is 7.03. The Bertz CT molecular complexity index is 1020. The van der Waals surface area contributed by atoms with Gasteiger partial charge in [-0.1, -0.05) is 77.1 Å². The highest BCUT2D eigenvalue weighted by atomic mass is 32.2. The molecule has 0 unspecified atom stereocenters. The van der Waals surface area contributed by atoms with Crippen LogP contribution in [0.2, 0.25) is 0 Å². The number of thioether (sulfide) groups is 1. The van der Waals surface area contributed by atoms with Crippen LogP contribution in [0.1, 0.15) is 18.4 Å². The maximum atomic E-state index is 5.40. The summed E-state index contributed by atoms with van der Waals surface area (Å²) in [5, 5.41) is 13.6. The van der Waals surface area contributed by atoms with Crippen LogP contribution < -0.4 is 0 Å². The molecule has 0 radical (unpaired) electrons. The van der Waals surface area contributed by atoms with Crippen molar-refractivity contribution in [3.8, 4) is 22.8 Å². The average Bonchev–Trinajstić information content (AvgIpc) is 3.34. The molecule has 0 N–H and O–H groups in total. The van der Waals surface area contributed by atoms with Crippen molar-refractivity contribution in [1.29, 1.82) is 0 Å². The number of nitrogens with zero attached hydrogens (tertiary/aromatic N) is 5. The van der Waals surface area contributed by atoms with Gasteiger partial charge in [0.15, 0.2) is 11.0 Å². The molecule has 0 spiro atoms. The number of hydrogen-bond donors (Lipinski definition) is 0.